The Morgan fingerprint density at radius 3 is 2.23 bits per heavy atom. The van der Waals surface area contributed by atoms with Crippen LogP contribution in [0.3, 0.4) is 0 Å². The van der Waals surface area contributed by atoms with Crippen LogP contribution in [-0.4, -0.2) is 41.0 Å². The number of nitrogens with zero attached hydrogens (tertiary/aromatic N) is 2. The Balaban J connectivity index is 1.31. The fourth-order valence-electron chi connectivity index (χ4n) is 4.59. The van der Waals surface area contributed by atoms with Gasteiger partial charge in [0.1, 0.15) is 34.6 Å². The molecule has 2 heterocycles. The van der Waals surface area contributed by atoms with E-state index in [4.69, 9.17) is 9.47 Å². The van der Waals surface area contributed by atoms with Crippen LogP contribution < -0.4 is 19.1 Å². The average molecular weight is 574 g/mol. The third-order valence-electron chi connectivity index (χ3n) is 6.75. The van der Waals surface area contributed by atoms with E-state index in [9.17, 15) is 22.5 Å². The van der Waals surface area contributed by atoms with E-state index in [0.717, 1.165) is 25.0 Å². The van der Waals surface area contributed by atoms with Gasteiger partial charge in [-0.1, -0.05) is 24.3 Å². The number of alkyl halides is 3. The van der Waals surface area contributed by atoms with Crippen LogP contribution in [0.15, 0.2) is 94.0 Å². The molecule has 1 aliphatic carbocycles. The standard InChI is InChI=1S/C28H26F3N3O5S/c29-28(30,31)39-19-11-13-20(14-12-19)40(36,32-15-18-9-10-18)33-21-16-37-17-24(27(21)35)34-22-5-1-3-7-25(22)38-26-8-4-2-6-23(26)34/h1-8,11-14,17-18,21,27,35H,9-10,15-16H2,(H,32,33,36)/t21-,27-,40?/m1/s1. The minimum Gasteiger partial charge on any atom is -0.497 e. The highest BCUT2D eigenvalue weighted by Gasteiger charge is 2.38. The number of aliphatic hydroxyl groups is 1. The minimum absolute atomic E-state index is 0.0104. The Kier molecular flexibility index (Phi) is 6.85. The van der Waals surface area contributed by atoms with Gasteiger partial charge in [-0.3, -0.25) is 0 Å². The number of benzene rings is 3. The van der Waals surface area contributed by atoms with Gasteiger partial charge >= 0.3 is 6.36 Å². The second-order valence-electron chi connectivity index (χ2n) is 9.72. The number of rotatable bonds is 7. The van der Waals surface area contributed by atoms with Crippen LogP contribution in [0.25, 0.3) is 0 Å². The summed E-state index contributed by atoms with van der Waals surface area (Å²) in [5.41, 5.74) is 1.77. The molecule has 0 radical (unpaired) electrons. The van der Waals surface area contributed by atoms with Gasteiger partial charge in [0.05, 0.1) is 34.6 Å². The number of nitrogens with one attached hydrogen (secondary N) is 1. The molecule has 0 saturated heterocycles. The third-order valence-corrected chi connectivity index (χ3v) is 8.80. The predicted octanol–water partition coefficient (Wildman–Crippen LogP) is 5.87. The van der Waals surface area contributed by atoms with Crippen molar-refractivity contribution in [3.05, 3.63) is 84.8 Å². The first-order valence-electron chi connectivity index (χ1n) is 12.7. The lowest BCUT2D eigenvalue weighted by atomic mass is 10.0. The van der Waals surface area contributed by atoms with Gasteiger partial charge in [0.15, 0.2) is 11.5 Å². The minimum atomic E-state index is -4.85. The monoisotopic (exact) mass is 573 g/mol. The van der Waals surface area contributed by atoms with Crippen molar-refractivity contribution in [3.8, 4) is 17.2 Å². The SMILES string of the molecule is O=S(=NCC1CC1)(N[C@@H]1COC=C(N2c3ccccc3Oc3ccccc32)[C@@H]1O)c1ccc(OC(F)(F)F)cc1. The molecule has 12 heteroatoms. The normalized spacial score (nSPS) is 21.6. The van der Waals surface area contributed by atoms with E-state index in [2.05, 4.69) is 13.8 Å². The molecule has 8 nitrogen and oxygen atoms in total. The first-order chi connectivity index (χ1) is 19.2. The van der Waals surface area contributed by atoms with Crippen molar-refractivity contribution in [1.82, 2.24) is 4.72 Å². The lowest BCUT2D eigenvalue weighted by Crippen LogP contribution is -2.51. The van der Waals surface area contributed by atoms with E-state index >= 15 is 0 Å². The summed E-state index contributed by atoms with van der Waals surface area (Å²) < 4.78 is 75.4. The molecule has 3 aromatic rings. The summed E-state index contributed by atoms with van der Waals surface area (Å²) >= 11 is 0. The van der Waals surface area contributed by atoms with Gasteiger partial charge in [-0.15, -0.1) is 13.2 Å². The van der Waals surface area contributed by atoms with Gasteiger partial charge in [-0.05, 0) is 67.3 Å². The lowest BCUT2D eigenvalue weighted by molar-refractivity contribution is -0.274. The summed E-state index contributed by atoms with van der Waals surface area (Å²) in [6, 6.07) is 18.7. The van der Waals surface area contributed by atoms with Gasteiger partial charge in [-0.25, -0.2) is 13.3 Å². The first kappa shape index (κ1) is 26.5. The highest BCUT2D eigenvalue weighted by molar-refractivity contribution is 7.91. The molecule has 0 aromatic heterocycles. The highest BCUT2D eigenvalue weighted by Crippen LogP contribution is 2.49. The van der Waals surface area contributed by atoms with Gasteiger partial charge in [0, 0.05) is 0 Å². The van der Waals surface area contributed by atoms with Gasteiger partial charge in [-0.2, -0.15) is 0 Å². The molecule has 6 rings (SSSR count). The number of fused-ring (bicyclic) bond motifs is 2. The molecule has 1 saturated carbocycles. The molecule has 0 bridgehead atoms. The molecular weight excluding hydrogens is 547 g/mol. The van der Waals surface area contributed by atoms with Crippen LogP contribution in [0.2, 0.25) is 0 Å². The summed E-state index contributed by atoms with van der Waals surface area (Å²) in [5, 5.41) is 11.6. The van der Waals surface area contributed by atoms with Crippen LogP contribution in [0.5, 0.6) is 17.2 Å². The number of halogens is 3. The number of aliphatic hydroxyl groups excluding tert-OH is 1. The van der Waals surface area contributed by atoms with Crippen LogP contribution in [0, 0.1) is 5.92 Å². The van der Waals surface area contributed by atoms with Crippen LogP contribution in [0.4, 0.5) is 24.5 Å². The molecule has 3 aliphatic rings. The van der Waals surface area contributed by atoms with E-state index in [-0.39, 0.29) is 11.5 Å². The van der Waals surface area contributed by atoms with Crippen LogP contribution >= 0.6 is 0 Å². The molecule has 2 aliphatic heterocycles. The van der Waals surface area contributed by atoms with Crippen molar-refractivity contribution >= 4 is 21.3 Å². The second-order valence-corrected chi connectivity index (χ2v) is 11.7. The molecule has 1 fully saturated rings. The quantitative estimate of drug-likeness (QED) is 0.367. The van der Waals surface area contributed by atoms with E-state index in [1.54, 1.807) is 0 Å². The van der Waals surface area contributed by atoms with E-state index in [1.165, 1.54) is 18.4 Å². The van der Waals surface area contributed by atoms with Gasteiger partial charge in [0.2, 0.25) is 0 Å². The molecule has 3 aromatic carbocycles. The summed E-state index contributed by atoms with van der Waals surface area (Å²) in [5.74, 6) is 1.05. The smallest absolute Gasteiger partial charge is 0.497 e. The van der Waals surface area contributed by atoms with Crippen molar-refractivity contribution in [2.24, 2.45) is 10.3 Å². The second kappa shape index (κ2) is 10.3. The molecule has 210 valence electrons. The number of hydrogen-bond acceptors (Lipinski definition) is 7. The topological polar surface area (TPSA) is 92.6 Å². The number of para-hydroxylation sites is 4. The van der Waals surface area contributed by atoms with Crippen molar-refractivity contribution in [2.75, 3.05) is 18.1 Å². The van der Waals surface area contributed by atoms with Crippen molar-refractivity contribution in [3.63, 3.8) is 0 Å². The van der Waals surface area contributed by atoms with E-state index < -0.39 is 34.2 Å². The Morgan fingerprint density at radius 1 is 1.00 bits per heavy atom. The zero-order valence-electron chi connectivity index (χ0n) is 21.1. The molecule has 2 N–H and O–H groups in total. The zero-order valence-corrected chi connectivity index (χ0v) is 21.9. The van der Waals surface area contributed by atoms with Crippen molar-refractivity contribution in [1.29, 1.82) is 0 Å². The first-order valence-corrected chi connectivity index (χ1v) is 14.2. The maximum atomic E-state index is 14.2. The Hall–Kier alpha value is -3.74. The van der Waals surface area contributed by atoms with Crippen molar-refractivity contribution < 1.29 is 36.7 Å². The molecule has 40 heavy (non-hydrogen) atoms. The number of anilines is 2. The van der Waals surface area contributed by atoms with E-state index in [0.29, 0.717) is 41.0 Å². The molecule has 0 amide bonds. The summed E-state index contributed by atoms with van der Waals surface area (Å²) in [6.07, 6.45) is -2.63. The number of hydrogen-bond donors (Lipinski definition) is 2. The number of ether oxygens (including phenoxy) is 3. The fraction of sp³-hybridized carbons (Fsp3) is 0.286. The Labute approximate surface area is 229 Å². The lowest BCUT2D eigenvalue weighted by Gasteiger charge is -2.39. The summed E-state index contributed by atoms with van der Waals surface area (Å²) in [6.45, 7) is 0.312. The molecular formula is C28H26F3N3O5S. The summed E-state index contributed by atoms with van der Waals surface area (Å²) in [7, 11) is -3.36. The summed E-state index contributed by atoms with van der Waals surface area (Å²) in [4.78, 5) is 2.01. The molecule has 1 unspecified atom stereocenters. The van der Waals surface area contributed by atoms with Crippen molar-refractivity contribution in [2.45, 2.75) is 36.2 Å². The Morgan fingerprint density at radius 2 is 1.62 bits per heavy atom. The molecule has 0 spiro atoms. The van der Waals surface area contributed by atoms with Gasteiger partial charge in [0.25, 0.3) is 0 Å². The zero-order chi connectivity index (χ0) is 27.9. The third kappa shape index (κ3) is 5.47. The fourth-order valence-corrected chi connectivity index (χ4v) is 6.48. The van der Waals surface area contributed by atoms with Gasteiger partial charge < -0.3 is 24.2 Å². The predicted molar refractivity (Wildman–Crippen MR) is 142 cm³/mol. The maximum Gasteiger partial charge on any atom is 0.573 e. The largest absolute Gasteiger partial charge is 0.573 e. The van der Waals surface area contributed by atoms with Crippen LogP contribution in [-0.2, 0) is 14.7 Å². The maximum absolute atomic E-state index is 14.2. The van der Waals surface area contributed by atoms with Crippen LogP contribution in [0.1, 0.15) is 12.8 Å². The Bertz CT molecular complexity index is 1500. The molecule has 3 atom stereocenters. The van der Waals surface area contributed by atoms with E-state index in [1.807, 2.05) is 53.4 Å². The average Bonchev–Trinajstić information content (AvgIpc) is 3.76. The highest BCUT2D eigenvalue weighted by atomic mass is 32.2.